The van der Waals surface area contributed by atoms with Gasteiger partial charge >= 0.3 is 0 Å². The highest BCUT2D eigenvalue weighted by molar-refractivity contribution is 7.92. The van der Waals surface area contributed by atoms with E-state index in [0.29, 0.717) is 58.5 Å². The van der Waals surface area contributed by atoms with Crippen LogP contribution in [0.2, 0.25) is 0 Å². The first-order valence-corrected chi connectivity index (χ1v) is 15.0. The molecular weight excluding hydrogens is 528 g/mol. The van der Waals surface area contributed by atoms with Crippen LogP contribution in [0.15, 0.2) is 66.7 Å². The number of anilines is 3. The first-order chi connectivity index (χ1) is 19.2. The van der Waals surface area contributed by atoms with Crippen molar-refractivity contribution >= 4 is 44.3 Å². The third-order valence-electron chi connectivity index (χ3n) is 6.92. The molecule has 1 heterocycles. The SMILES string of the molecule is CCN(CC)CCN(c1ccc(N/C(=C2/C(=O)Nc3cc(OC)c(OC)cc32)c2ccccc2)cc1)S(C)(=O)=O. The average molecular weight is 565 g/mol. The molecule has 9 nitrogen and oxygen atoms in total. The minimum atomic E-state index is -3.47. The number of hydrogen-bond acceptors (Lipinski definition) is 7. The van der Waals surface area contributed by atoms with Crippen molar-refractivity contribution in [1.29, 1.82) is 0 Å². The van der Waals surface area contributed by atoms with E-state index in [0.717, 1.165) is 18.7 Å². The van der Waals surface area contributed by atoms with Crippen LogP contribution in [0.4, 0.5) is 17.1 Å². The van der Waals surface area contributed by atoms with Gasteiger partial charge in [-0.15, -0.1) is 0 Å². The lowest BCUT2D eigenvalue weighted by molar-refractivity contribution is -0.110. The van der Waals surface area contributed by atoms with Gasteiger partial charge in [-0.2, -0.15) is 0 Å². The van der Waals surface area contributed by atoms with Gasteiger partial charge in [-0.25, -0.2) is 8.42 Å². The molecule has 0 spiro atoms. The van der Waals surface area contributed by atoms with E-state index in [1.54, 1.807) is 38.5 Å². The molecule has 212 valence electrons. The molecule has 0 aliphatic carbocycles. The van der Waals surface area contributed by atoms with Gasteiger partial charge in [0.2, 0.25) is 10.0 Å². The van der Waals surface area contributed by atoms with Gasteiger partial charge in [0, 0.05) is 30.4 Å². The highest BCUT2D eigenvalue weighted by Crippen LogP contribution is 2.43. The first-order valence-electron chi connectivity index (χ1n) is 13.1. The molecule has 3 aromatic carbocycles. The van der Waals surface area contributed by atoms with Crippen molar-refractivity contribution < 1.29 is 22.7 Å². The van der Waals surface area contributed by atoms with Crippen molar-refractivity contribution in [1.82, 2.24) is 4.90 Å². The van der Waals surface area contributed by atoms with Gasteiger partial charge in [-0.3, -0.25) is 9.10 Å². The van der Waals surface area contributed by atoms with Gasteiger partial charge in [0.05, 0.1) is 43.1 Å². The Balaban J connectivity index is 1.73. The summed E-state index contributed by atoms with van der Waals surface area (Å²) < 4.78 is 37.6. The maximum absolute atomic E-state index is 13.3. The van der Waals surface area contributed by atoms with Crippen LogP contribution in [0.5, 0.6) is 11.5 Å². The van der Waals surface area contributed by atoms with Crippen LogP contribution < -0.4 is 24.4 Å². The fraction of sp³-hybridized carbons (Fsp3) is 0.300. The molecule has 1 amide bonds. The second-order valence-corrected chi connectivity index (χ2v) is 11.3. The molecule has 40 heavy (non-hydrogen) atoms. The number of benzene rings is 3. The largest absolute Gasteiger partial charge is 0.493 e. The van der Waals surface area contributed by atoms with E-state index < -0.39 is 10.0 Å². The number of sulfonamides is 1. The number of carbonyl (C=O) groups excluding carboxylic acids is 1. The molecule has 1 aliphatic rings. The number of nitrogens with zero attached hydrogens (tertiary/aromatic N) is 2. The number of amides is 1. The van der Waals surface area contributed by atoms with E-state index in [2.05, 4.69) is 29.4 Å². The Kier molecular flexibility index (Phi) is 9.01. The van der Waals surface area contributed by atoms with Crippen molar-refractivity contribution in [3.8, 4) is 11.5 Å². The number of hydrogen-bond donors (Lipinski definition) is 2. The summed E-state index contributed by atoms with van der Waals surface area (Å²) in [5, 5.41) is 6.35. The van der Waals surface area contributed by atoms with Crippen LogP contribution in [-0.2, 0) is 14.8 Å². The fourth-order valence-electron chi connectivity index (χ4n) is 4.74. The molecule has 0 saturated carbocycles. The number of methoxy groups -OCH3 is 2. The normalized spacial score (nSPS) is 14.0. The second-order valence-electron chi connectivity index (χ2n) is 9.36. The molecular formula is C30H36N4O5S. The number of fused-ring (bicyclic) bond motifs is 1. The lowest BCUT2D eigenvalue weighted by Crippen LogP contribution is -2.38. The van der Waals surface area contributed by atoms with E-state index in [4.69, 9.17) is 9.47 Å². The quantitative estimate of drug-likeness (QED) is 0.307. The summed E-state index contributed by atoms with van der Waals surface area (Å²) in [5.41, 5.74) is 4.48. The molecule has 0 unspecified atom stereocenters. The molecule has 0 radical (unpaired) electrons. The minimum absolute atomic E-state index is 0.257. The Morgan fingerprint density at radius 1 is 0.900 bits per heavy atom. The van der Waals surface area contributed by atoms with Crippen molar-refractivity contribution in [3.63, 3.8) is 0 Å². The lowest BCUT2D eigenvalue weighted by atomic mass is 9.99. The van der Waals surface area contributed by atoms with Gasteiger partial charge in [0.1, 0.15) is 0 Å². The van der Waals surface area contributed by atoms with Gasteiger partial charge in [0.25, 0.3) is 5.91 Å². The van der Waals surface area contributed by atoms with Crippen LogP contribution in [-0.4, -0.2) is 65.9 Å². The maximum Gasteiger partial charge on any atom is 0.258 e. The van der Waals surface area contributed by atoms with Crippen molar-refractivity contribution in [2.45, 2.75) is 13.8 Å². The van der Waals surface area contributed by atoms with Crippen molar-refractivity contribution in [2.75, 3.05) is 61.6 Å². The van der Waals surface area contributed by atoms with Crippen LogP contribution in [0.3, 0.4) is 0 Å². The third-order valence-corrected chi connectivity index (χ3v) is 8.11. The number of ether oxygens (including phenoxy) is 2. The Morgan fingerprint density at radius 3 is 2.10 bits per heavy atom. The molecule has 0 atom stereocenters. The zero-order chi connectivity index (χ0) is 28.9. The summed E-state index contributed by atoms with van der Waals surface area (Å²) >= 11 is 0. The summed E-state index contributed by atoms with van der Waals surface area (Å²) in [6.45, 7) is 6.81. The molecule has 2 N–H and O–H groups in total. The standard InChI is InChI=1S/C30H36N4O5S/c1-6-33(7-2)17-18-34(40(5,36)37)23-15-13-22(14-16-23)31-29(21-11-9-8-10-12-21)28-24-19-26(38-3)27(39-4)20-25(24)32-30(28)35/h8-16,19-20,31H,6-7,17-18H2,1-5H3,(H,32,35)/b29-28+. The number of rotatable bonds is 12. The van der Waals surface area contributed by atoms with Gasteiger partial charge in [-0.1, -0.05) is 44.2 Å². The van der Waals surface area contributed by atoms with E-state index >= 15 is 0 Å². The topological polar surface area (TPSA) is 100 Å². The third kappa shape index (κ3) is 6.24. The zero-order valence-electron chi connectivity index (χ0n) is 23.5. The average Bonchev–Trinajstić information content (AvgIpc) is 3.27. The minimum Gasteiger partial charge on any atom is -0.493 e. The molecule has 10 heteroatoms. The molecule has 0 fully saturated rings. The zero-order valence-corrected chi connectivity index (χ0v) is 24.3. The molecule has 1 aliphatic heterocycles. The highest BCUT2D eigenvalue weighted by Gasteiger charge is 2.30. The molecule has 0 bridgehead atoms. The smallest absolute Gasteiger partial charge is 0.258 e. The lowest BCUT2D eigenvalue weighted by Gasteiger charge is -2.26. The van der Waals surface area contributed by atoms with E-state index in [1.165, 1.54) is 10.6 Å². The molecule has 0 aromatic heterocycles. The monoisotopic (exact) mass is 564 g/mol. The molecule has 0 saturated heterocycles. The van der Waals surface area contributed by atoms with Gasteiger partial charge in [-0.05, 0) is 49.0 Å². The van der Waals surface area contributed by atoms with E-state index in [9.17, 15) is 13.2 Å². The predicted molar refractivity (Wildman–Crippen MR) is 161 cm³/mol. The van der Waals surface area contributed by atoms with Gasteiger partial charge in [0.15, 0.2) is 11.5 Å². The van der Waals surface area contributed by atoms with Crippen molar-refractivity contribution in [2.24, 2.45) is 0 Å². The van der Waals surface area contributed by atoms with Crippen LogP contribution >= 0.6 is 0 Å². The summed E-state index contributed by atoms with van der Waals surface area (Å²) in [4.78, 5) is 15.5. The number of nitrogens with one attached hydrogen (secondary N) is 2. The Hall–Kier alpha value is -4.02. The number of likely N-dealkylation sites (N-methyl/N-ethyl adjacent to an activating group) is 1. The molecule has 3 aromatic rings. The Bertz CT molecular complexity index is 1480. The molecule has 4 rings (SSSR count). The summed E-state index contributed by atoms with van der Waals surface area (Å²) in [5.74, 6) is 0.773. The first kappa shape index (κ1) is 29.0. The van der Waals surface area contributed by atoms with E-state index in [-0.39, 0.29) is 5.91 Å². The van der Waals surface area contributed by atoms with Crippen molar-refractivity contribution in [3.05, 3.63) is 77.9 Å². The Labute approximate surface area is 236 Å². The maximum atomic E-state index is 13.3. The highest BCUT2D eigenvalue weighted by atomic mass is 32.2. The Morgan fingerprint density at radius 2 is 1.52 bits per heavy atom. The number of carbonyl (C=O) groups is 1. The second kappa shape index (κ2) is 12.4. The summed E-state index contributed by atoms with van der Waals surface area (Å²) in [7, 11) is -0.372. The van der Waals surface area contributed by atoms with Crippen LogP contribution in [0, 0.1) is 0 Å². The summed E-state index contributed by atoms with van der Waals surface area (Å²) in [6, 6.07) is 20.3. The fourth-order valence-corrected chi connectivity index (χ4v) is 5.66. The predicted octanol–water partition coefficient (Wildman–Crippen LogP) is 4.74. The summed E-state index contributed by atoms with van der Waals surface area (Å²) in [6.07, 6.45) is 1.22. The van der Waals surface area contributed by atoms with Crippen LogP contribution in [0.25, 0.3) is 11.3 Å². The van der Waals surface area contributed by atoms with Crippen LogP contribution in [0.1, 0.15) is 25.0 Å². The van der Waals surface area contributed by atoms with Gasteiger partial charge < -0.3 is 25.0 Å². The van der Waals surface area contributed by atoms with E-state index in [1.807, 2.05) is 42.5 Å².